The van der Waals surface area contributed by atoms with Crippen LogP contribution in [0.1, 0.15) is 18.4 Å². The number of ether oxygens (including phenoxy) is 1. The Bertz CT molecular complexity index is 1260. The number of halogens is 1. The number of aliphatic hydroxyl groups excluding tert-OH is 1. The van der Waals surface area contributed by atoms with Crippen molar-refractivity contribution >= 4 is 16.6 Å². The summed E-state index contributed by atoms with van der Waals surface area (Å²) in [7, 11) is 0. The molecular formula is C23H25FN6O2. The van der Waals surface area contributed by atoms with Crippen LogP contribution < -0.4 is 10.5 Å². The third-order valence-corrected chi connectivity index (χ3v) is 5.69. The van der Waals surface area contributed by atoms with Crippen molar-refractivity contribution in [3.8, 4) is 17.3 Å². The van der Waals surface area contributed by atoms with Crippen molar-refractivity contribution in [2.24, 2.45) is 5.73 Å². The maximum atomic E-state index is 14.0. The lowest BCUT2D eigenvalue weighted by Gasteiger charge is -2.15. The standard InChI is InChI=1S/C23H25FN6O2/c24-17-10-16-3-4-19(26-22(16)20(11-17)32-9-1-8-31)23-28-27-21-5-2-15(13-30(21)23)12-29-7-6-18(25)14-29/h2-5,10-11,13,18,31H,1,6-9,12,14,25H2. The number of hydrogen-bond donors (Lipinski definition) is 2. The molecule has 1 saturated heterocycles. The van der Waals surface area contributed by atoms with Crippen LogP contribution in [-0.2, 0) is 6.54 Å². The van der Waals surface area contributed by atoms with Crippen molar-refractivity contribution in [1.82, 2.24) is 24.5 Å². The van der Waals surface area contributed by atoms with Gasteiger partial charge in [0.1, 0.15) is 22.8 Å². The molecule has 9 heteroatoms. The van der Waals surface area contributed by atoms with Gasteiger partial charge in [-0.15, -0.1) is 10.2 Å². The summed E-state index contributed by atoms with van der Waals surface area (Å²) < 4.78 is 21.6. The molecule has 1 unspecified atom stereocenters. The van der Waals surface area contributed by atoms with Gasteiger partial charge in [0, 0.05) is 56.4 Å². The van der Waals surface area contributed by atoms with E-state index in [4.69, 9.17) is 20.6 Å². The number of hydrogen-bond acceptors (Lipinski definition) is 7. The van der Waals surface area contributed by atoms with Crippen molar-refractivity contribution in [1.29, 1.82) is 0 Å². The van der Waals surface area contributed by atoms with E-state index in [2.05, 4.69) is 21.2 Å². The molecule has 32 heavy (non-hydrogen) atoms. The molecule has 166 valence electrons. The Morgan fingerprint density at radius 1 is 1.19 bits per heavy atom. The Labute approximate surface area is 184 Å². The highest BCUT2D eigenvalue weighted by atomic mass is 19.1. The molecule has 8 nitrogen and oxygen atoms in total. The molecule has 3 N–H and O–H groups in total. The van der Waals surface area contributed by atoms with Crippen LogP contribution in [0.3, 0.4) is 0 Å². The second-order valence-electron chi connectivity index (χ2n) is 8.17. The van der Waals surface area contributed by atoms with Gasteiger partial charge < -0.3 is 15.6 Å². The van der Waals surface area contributed by atoms with Crippen molar-refractivity contribution in [3.63, 3.8) is 0 Å². The average Bonchev–Trinajstić information content (AvgIpc) is 3.39. The Morgan fingerprint density at radius 3 is 2.91 bits per heavy atom. The second kappa shape index (κ2) is 8.78. The molecule has 1 aromatic carbocycles. The minimum atomic E-state index is -0.398. The fourth-order valence-corrected chi connectivity index (χ4v) is 4.12. The molecule has 0 amide bonds. The Hall–Kier alpha value is -3.14. The van der Waals surface area contributed by atoms with Gasteiger partial charge in [0.2, 0.25) is 0 Å². The zero-order valence-electron chi connectivity index (χ0n) is 17.6. The summed E-state index contributed by atoms with van der Waals surface area (Å²) in [6, 6.07) is 10.6. The van der Waals surface area contributed by atoms with E-state index in [0.717, 1.165) is 37.3 Å². The van der Waals surface area contributed by atoms with E-state index < -0.39 is 5.82 Å². The number of rotatable bonds is 7. The number of nitrogens with zero attached hydrogens (tertiary/aromatic N) is 5. The first-order valence-corrected chi connectivity index (χ1v) is 10.8. The van der Waals surface area contributed by atoms with Gasteiger partial charge in [-0.3, -0.25) is 9.30 Å². The van der Waals surface area contributed by atoms with Crippen LogP contribution in [0.25, 0.3) is 28.1 Å². The van der Waals surface area contributed by atoms with Crippen LogP contribution >= 0.6 is 0 Å². The number of benzene rings is 1. The van der Waals surface area contributed by atoms with Crippen LogP contribution in [0, 0.1) is 5.82 Å². The molecule has 5 rings (SSSR count). The van der Waals surface area contributed by atoms with Gasteiger partial charge in [0.05, 0.1) is 6.61 Å². The van der Waals surface area contributed by atoms with Gasteiger partial charge in [-0.2, -0.15) is 0 Å². The van der Waals surface area contributed by atoms with E-state index >= 15 is 0 Å². The topological polar surface area (TPSA) is 102 Å². The molecule has 0 bridgehead atoms. The van der Waals surface area contributed by atoms with Gasteiger partial charge in [0.15, 0.2) is 11.5 Å². The molecule has 1 fully saturated rings. The SMILES string of the molecule is NC1CCN(Cc2ccc3nnc(-c4ccc5cc(F)cc(OCCCO)c5n4)n3c2)C1. The van der Waals surface area contributed by atoms with E-state index in [9.17, 15) is 4.39 Å². The summed E-state index contributed by atoms with van der Waals surface area (Å²) >= 11 is 0. The van der Waals surface area contributed by atoms with Gasteiger partial charge in [-0.1, -0.05) is 12.1 Å². The lowest BCUT2D eigenvalue weighted by molar-refractivity contribution is 0.234. The monoisotopic (exact) mass is 436 g/mol. The van der Waals surface area contributed by atoms with Crippen LogP contribution in [0.2, 0.25) is 0 Å². The molecule has 4 aromatic rings. The lowest BCUT2D eigenvalue weighted by atomic mass is 10.1. The second-order valence-corrected chi connectivity index (χ2v) is 8.17. The summed E-state index contributed by atoms with van der Waals surface area (Å²) in [6.45, 7) is 2.99. The molecule has 1 aliphatic heterocycles. The number of likely N-dealkylation sites (tertiary alicyclic amines) is 1. The zero-order valence-corrected chi connectivity index (χ0v) is 17.6. The van der Waals surface area contributed by atoms with Gasteiger partial charge in [-0.25, -0.2) is 9.37 Å². The highest BCUT2D eigenvalue weighted by Crippen LogP contribution is 2.29. The number of aromatic nitrogens is 4. The van der Waals surface area contributed by atoms with E-state index in [1.54, 1.807) is 6.07 Å². The van der Waals surface area contributed by atoms with E-state index in [1.807, 2.05) is 22.7 Å². The highest BCUT2D eigenvalue weighted by molar-refractivity contribution is 5.86. The predicted octanol–water partition coefficient (Wildman–Crippen LogP) is 2.38. The number of pyridine rings is 2. The van der Waals surface area contributed by atoms with Crippen molar-refractivity contribution in [2.75, 3.05) is 26.3 Å². The third kappa shape index (κ3) is 4.14. The number of fused-ring (bicyclic) bond motifs is 2. The average molecular weight is 436 g/mol. The Balaban J connectivity index is 1.51. The summed E-state index contributed by atoms with van der Waals surface area (Å²) in [5, 5.41) is 18.3. The maximum Gasteiger partial charge on any atom is 0.187 e. The van der Waals surface area contributed by atoms with E-state index in [0.29, 0.717) is 34.6 Å². The van der Waals surface area contributed by atoms with Crippen LogP contribution in [0.4, 0.5) is 4.39 Å². The normalized spacial score (nSPS) is 16.9. The first-order valence-electron chi connectivity index (χ1n) is 10.8. The molecule has 0 saturated carbocycles. The maximum absolute atomic E-state index is 14.0. The van der Waals surface area contributed by atoms with Gasteiger partial charge >= 0.3 is 0 Å². The lowest BCUT2D eigenvalue weighted by Crippen LogP contribution is -2.26. The van der Waals surface area contributed by atoms with Crippen LogP contribution in [0.15, 0.2) is 42.6 Å². The number of nitrogens with two attached hydrogens (primary N) is 1. The first-order chi connectivity index (χ1) is 15.6. The minimum absolute atomic E-state index is 0.00333. The molecular weight excluding hydrogens is 411 g/mol. The van der Waals surface area contributed by atoms with Gasteiger partial charge in [0.25, 0.3) is 0 Å². The third-order valence-electron chi connectivity index (χ3n) is 5.69. The molecule has 0 spiro atoms. The van der Waals surface area contributed by atoms with Crippen molar-refractivity contribution in [2.45, 2.75) is 25.4 Å². The molecule has 1 atom stereocenters. The molecule has 0 aliphatic carbocycles. The number of aliphatic hydroxyl groups is 1. The summed E-state index contributed by atoms with van der Waals surface area (Å²) in [6.07, 6.45) is 3.51. The quantitative estimate of drug-likeness (QED) is 0.429. The molecule has 1 aliphatic rings. The fourth-order valence-electron chi connectivity index (χ4n) is 4.12. The van der Waals surface area contributed by atoms with Crippen molar-refractivity contribution in [3.05, 3.63) is 54.0 Å². The minimum Gasteiger partial charge on any atom is -0.491 e. The zero-order chi connectivity index (χ0) is 22.1. The summed E-state index contributed by atoms with van der Waals surface area (Å²) in [5.41, 5.74) is 9.06. The highest BCUT2D eigenvalue weighted by Gasteiger charge is 2.19. The van der Waals surface area contributed by atoms with Gasteiger partial charge in [-0.05, 0) is 30.2 Å². The smallest absolute Gasteiger partial charge is 0.187 e. The first kappa shape index (κ1) is 20.7. The van der Waals surface area contributed by atoms with Crippen LogP contribution in [-0.4, -0.2) is 61.9 Å². The fraction of sp³-hybridized carbons (Fsp3) is 0.348. The van der Waals surface area contributed by atoms with E-state index in [1.165, 1.54) is 12.1 Å². The van der Waals surface area contributed by atoms with E-state index in [-0.39, 0.29) is 19.3 Å². The Morgan fingerprint density at radius 2 is 2.09 bits per heavy atom. The predicted molar refractivity (Wildman–Crippen MR) is 119 cm³/mol. The van der Waals surface area contributed by atoms with Crippen molar-refractivity contribution < 1.29 is 14.2 Å². The molecule has 4 heterocycles. The summed E-state index contributed by atoms with van der Waals surface area (Å²) in [4.78, 5) is 7.07. The molecule has 3 aromatic heterocycles. The van der Waals surface area contributed by atoms with Crippen LogP contribution in [0.5, 0.6) is 5.75 Å². The largest absolute Gasteiger partial charge is 0.491 e. The molecule has 0 radical (unpaired) electrons. The summed E-state index contributed by atoms with van der Waals surface area (Å²) in [5.74, 6) is 0.549. The Kier molecular flexibility index (Phi) is 5.69.